The van der Waals surface area contributed by atoms with Crippen molar-refractivity contribution in [3.05, 3.63) is 12.2 Å². The van der Waals surface area contributed by atoms with Gasteiger partial charge in [0.05, 0.1) is 0 Å². The molecule has 0 aromatic heterocycles. The molecule has 15 heavy (non-hydrogen) atoms. The average Bonchev–Trinajstić information content (AvgIpc) is 2.30. The maximum absolute atomic E-state index is 4.58. The van der Waals surface area contributed by atoms with E-state index in [0.717, 1.165) is 13.1 Å². The van der Waals surface area contributed by atoms with E-state index in [1.54, 1.807) is 0 Å². The molecule has 0 aromatic carbocycles. The normalized spacial score (nSPS) is 33.5. The van der Waals surface area contributed by atoms with Crippen LogP contribution in [0.5, 0.6) is 0 Å². The topological polar surface area (TPSA) is 18.8 Å². The fourth-order valence-electron chi connectivity index (χ4n) is 2.37. The van der Waals surface area contributed by atoms with Crippen LogP contribution in [0, 0.1) is 5.92 Å². The van der Waals surface area contributed by atoms with Gasteiger partial charge >= 0.3 is 0 Å². The zero-order valence-electron chi connectivity index (χ0n) is 9.76. The highest BCUT2D eigenvalue weighted by atomic mass is 15.3. The summed E-state index contributed by atoms with van der Waals surface area (Å²) in [4.78, 5) is 9.59. The molecule has 0 radical (unpaired) electrons. The largest absolute Gasteiger partial charge is 0.301 e. The molecule has 2 rings (SSSR count). The lowest BCUT2D eigenvalue weighted by molar-refractivity contribution is 0.0876. The summed E-state index contributed by atoms with van der Waals surface area (Å²) >= 11 is 0. The minimum atomic E-state index is 0.383. The third kappa shape index (κ3) is 2.47. The van der Waals surface area contributed by atoms with Gasteiger partial charge in [0, 0.05) is 38.3 Å². The van der Waals surface area contributed by atoms with E-state index in [-0.39, 0.29) is 0 Å². The van der Waals surface area contributed by atoms with Gasteiger partial charge in [-0.1, -0.05) is 19.9 Å². The van der Waals surface area contributed by atoms with E-state index in [9.17, 15) is 0 Å². The van der Waals surface area contributed by atoms with Crippen LogP contribution >= 0.6 is 0 Å². The smallest absolute Gasteiger partial charge is 0.108 e. The molecule has 84 valence electrons. The Morgan fingerprint density at radius 2 is 2.00 bits per heavy atom. The number of piperazine rings is 1. The van der Waals surface area contributed by atoms with Crippen molar-refractivity contribution in [3.63, 3.8) is 0 Å². The molecular weight excluding hydrogens is 186 g/mol. The van der Waals surface area contributed by atoms with Crippen LogP contribution in [-0.4, -0.2) is 54.9 Å². The Morgan fingerprint density at radius 3 is 2.60 bits per heavy atom. The van der Waals surface area contributed by atoms with Crippen molar-refractivity contribution >= 4 is 6.21 Å². The summed E-state index contributed by atoms with van der Waals surface area (Å²) < 4.78 is 0. The molecule has 0 spiro atoms. The summed E-state index contributed by atoms with van der Waals surface area (Å²) in [5.41, 5.74) is 0. The van der Waals surface area contributed by atoms with Gasteiger partial charge in [0.15, 0.2) is 0 Å². The summed E-state index contributed by atoms with van der Waals surface area (Å²) in [5, 5.41) is 0. The molecule has 2 unspecified atom stereocenters. The highest BCUT2D eigenvalue weighted by molar-refractivity contribution is 5.72. The Morgan fingerprint density at radius 1 is 1.27 bits per heavy atom. The standard InChI is InChI=1S/C12H21N3/c1-3-14-7-9-15(10-8-14)12-11(2)5-4-6-13-12/h4-6,11-12H,3,7-10H2,1-2H3. The molecule has 2 aliphatic heterocycles. The molecule has 2 atom stereocenters. The maximum Gasteiger partial charge on any atom is 0.108 e. The van der Waals surface area contributed by atoms with Crippen LogP contribution in [-0.2, 0) is 0 Å². The van der Waals surface area contributed by atoms with Crippen LogP contribution in [0.2, 0.25) is 0 Å². The maximum atomic E-state index is 4.58. The molecular formula is C12H21N3. The molecule has 3 heteroatoms. The minimum absolute atomic E-state index is 0.383. The summed E-state index contributed by atoms with van der Waals surface area (Å²) in [6, 6.07) is 0. The fourth-order valence-corrected chi connectivity index (χ4v) is 2.37. The second-order valence-corrected chi connectivity index (χ2v) is 4.43. The molecule has 0 N–H and O–H groups in total. The van der Waals surface area contributed by atoms with Crippen LogP contribution < -0.4 is 0 Å². The van der Waals surface area contributed by atoms with Crippen molar-refractivity contribution in [2.24, 2.45) is 10.9 Å². The average molecular weight is 207 g/mol. The summed E-state index contributed by atoms with van der Waals surface area (Å²) in [7, 11) is 0. The van der Waals surface area contributed by atoms with Crippen molar-refractivity contribution in [2.75, 3.05) is 32.7 Å². The van der Waals surface area contributed by atoms with Gasteiger partial charge in [-0.05, 0) is 12.6 Å². The molecule has 0 saturated carbocycles. The summed E-state index contributed by atoms with van der Waals surface area (Å²) in [6.45, 7) is 10.4. The second-order valence-electron chi connectivity index (χ2n) is 4.43. The Labute approximate surface area is 92.5 Å². The van der Waals surface area contributed by atoms with Gasteiger partial charge < -0.3 is 4.90 Å². The Bertz CT molecular complexity index is 252. The zero-order valence-corrected chi connectivity index (χ0v) is 9.76. The Hall–Kier alpha value is -0.670. The summed E-state index contributed by atoms with van der Waals surface area (Å²) in [6.07, 6.45) is 6.64. The lowest BCUT2D eigenvalue weighted by atomic mass is 10.0. The van der Waals surface area contributed by atoms with Gasteiger partial charge in [0.1, 0.15) is 6.17 Å². The fraction of sp³-hybridized carbons (Fsp3) is 0.750. The third-order valence-electron chi connectivity index (χ3n) is 3.44. The number of allylic oxidation sites excluding steroid dienone is 1. The zero-order chi connectivity index (χ0) is 10.7. The third-order valence-corrected chi connectivity index (χ3v) is 3.44. The van der Waals surface area contributed by atoms with E-state index in [0.29, 0.717) is 12.1 Å². The van der Waals surface area contributed by atoms with Crippen molar-refractivity contribution in [1.29, 1.82) is 0 Å². The van der Waals surface area contributed by atoms with Crippen LogP contribution in [0.1, 0.15) is 13.8 Å². The van der Waals surface area contributed by atoms with E-state index in [1.807, 2.05) is 6.21 Å². The van der Waals surface area contributed by atoms with Gasteiger partial charge in [0.25, 0.3) is 0 Å². The molecule has 0 bridgehead atoms. The number of nitrogens with zero attached hydrogens (tertiary/aromatic N) is 3. The highest BCUT2D eigenvalue weighted by Crippen LogP contribution is 2.18. The number of hydrogen-bond donors (Lipinski definition) is 0. The minimum Gasteiger partial charge on any atom is -0.301 e. The van der Waals surface area contributed by atoms with Gasteiger partial charge in [0.2, 0.25) is 0 Å². The van der Waals surface area contributed by atoms with E-state index >= 15 is 0 Å². The van der Waals surface area contributed by atoms with Crippen molar-refractivity contribution in [2.45, 2.75) is 20.0 Å². The van der Waals surface area contributed by atoms with Crippen LogP contribution in [0.4, 0.5) is 0 Å². The molecule has 1 saturated heterocycles. The number of dihydropyridines is 1. The first kappa shape index (κ1) is 10.8. The molecule has 0 aromatic rings. The molecule has 2 heterocycles. The van der Waals surface area contributed by atoms with Gasteiger partial charge in [-0.3, -0.25) is 9.89 Å². The van der Waals surface area contributed by atoms with E-state index in [2.05, 4.69) is 40.8 Å². The lowest BCUT2D eigenvalue weighted by Gasteiger charge is -2.39. The second kappa shape index (κ2) is 4.90. The quantitative estimate of drug-likeness (QED) is 0.678. The van der Waals surface area contributed by atoms with Crippen LogP contribution in [0.25, 0.3) is 0 Å². The van der Waals surface area contributed by atoms with E-state index in [4.69, 9.17) is 0 Å². The lowest BCUT2D eigenvalue weighted by Crippen LogP contribution is -2.51. The van der Waals surface area contributed by atoms with Crippen molar-refractivity contribution in [3.8, 4) is 0 Å². The van der Waals surface area contributed by atoms with Crippen molar-refractivity contribution < 1.29 is 0 Å². The molecule has 0 amide bonds. The van der Waals surface area contributed by atoms with E-state index in [1.165, 1.54) is 19.6 Å². The van der Waals surface area contributed by atoms with E-state index < -0.39 is 0 Å². The predicted molar refractivity (Wildman–Crippen MR) is 64.3 cm³/mol. The van der Waals surface area contributed by atoms with Gasteiger partial charge in [-0.25, -0.2) is 0 Å². The Balaban J connectivity index is 1.90. The Kier molecular flexibility index (Phi) is 3.54. The van der Waals surface area contributed by atoms with Gasteiger partial charge in [-0.15, -0.1) is 0 Å². The molecule has 2 aliphatic rings. The molecule has 1 fully saturated rings. The number of hydrogen-bond acceptors (Lipinski definition) is 3. The molecule has 0 aliphatic carbocycles. The first-order chi connectivity index (χ1) is 7.31. The number of aliphatic imine (C=N–C) groups is 1. The van der Waals surface area contributed by atoms with Crippen molar-refractivity contribution in [1.82, 2.24) is 9.80 Å². The van der Waals surface area contributed by atoms with Crippen LogP contribution in [0.3, 0.4) is 0 Å². The number of rotatable bonds is 2. The van der Waals surface area contributed by atoms with Gasteiger partial charge in [-0.2, -0.15) is 0 Å². The first-order valence-corrected chi connectivity index (χ1v) is 5.97. The SMILES string of the molecule is CCN1CCN(C2N=CC=CC2C)CC1. The first-order valence-electron chi connectivity index (χ1n) is 5.97. The highest BCUT2D eigenvalue weighted by Gasteiger charge is 2.26. The molecule has 3 nitrogen and oxygen atoms in total. The monoisotopic (exact) mass is 207 g/mol. The summed E-state index contributed by atoms with van der Waals surface area (Å²) in [5.74, 6) is 0.558. The predicted octanol–water partition coefficient (Wildman–Crippen LogP) is 1.23. The number of likely N-dealkylation sites (N-methyl/N-ethyl adjacent to an activating group) is 1. The van der Waals surface area contributed by atoms with Crippen LogP contribution in [0.15, 0.2) is 17.1 Å².